The van der Waals surface area contributed by atoms with Gasteiger partial charge >= 0.3 is 5.97 Å². The summed E-state index contributed by atoms with van der Waals surface area (Å²) in [5.41, 5.74) is 7.34. The van der Waals surface area contributed by atoms with Crippen molar-refractivity contribution in [1.29, 1.82) is 0 Å². The fourth-order valence-corrected chi connectivity index (χ4v) is 2.27. The predicted octanol–water partition coefficient (Wildman–Crippen LogP) is 2.46. The molecule has 0 bridgehead atoms. The van der Waals surface area contributed by atoms with Gasteiger partial charge in [-0.1, -0.05) is 12.1 Å². The smallest absolute Gasteiger partial charge is 0.308 e. The average Bonchev–Trinajstić information content (AvgIpc) is 2.39. The minimum Gasteiger partial charge on any atom is -0.427 e. The van der Waals surface area contributed by atoms with Crippen molar-refractivity contribution < 1.29 is 14.3 Å². The minimum absolute atomic E-state index is 0. The first-order valence-corrected chi connectivity index (χ1v) is 6.28. The van der Waals surface area contributed by atoms with Gasteiger partial charge in [-0.25, -0.2) is 0 Å². The van der Waals surface area contributed by atoms with E-state index >= 15 is 0 Å². The van der Waals surface area contributed by atoms with E-state index in [1.165, 1.54) is 6.92 Å². The van der Waals surface area contributed by atoms with Gasteiger partial charge < -0.3 is 15.2 Å². The molecule has 0 radical (unpaired) electrons. The van der Waals surface area contributed by atoms with E-state index in [0.29, 0.717) is 11.7 Å². The maximum absolute atomic E-state index is 10.8. The summed E-state index contributed by atoms with van der Waals surface area (Å²) in [6.45, 7) is 2.98. The van der Waals surface area contributed by atoms with Crippen molar-refractivity contribution in [1.82, 2.24) is 0 Å². The first-order chi connectivity index (χ1) is 8.66. The van der Waals surface area contributed by atoms with Crippen LogP contribution in [0, 0.1) is 5.92 Å². The number of nitrogens with two attached hydrogens (primary N) is 1. The molecule has 4 nitrogen and oxygen atoms in total. The molecule has 0 aromatic heterocycles. The SMILES string of the molecule is CC(=O)Oc1ccc([C@H](N)C2CCOCC2)cc1.Cl. The van der Waals surface area contributed by atoms with Crippen LogP contribution >= 0.6 is 12.4 Å². The van der Waals surface area contributed by atoms with Crippen LogP contribution in [0.1, 0.15) is 31.4 Å². The van der Waals surface area contributed by atoms with Crippen molar-refractivity contribution in [2.75, 3.05) is 13.2 Å². The Bertz CT molecular complexity index is 402. The summed E-state index contributed by atoms with van der Waals surface area (Å²) in [6, 6.07) is 7.46. The summed E-state index contributed by atoms with van der Waals surface area (Å²) in [5.74, 6) is 0.722. The molecular formula is C14H20ClNO3. The Kier molecular flexibility index (Phi) is 6.28. The molecule has 1 saturated heterocycles. The standard InChI is InChI=1S/C14H19NO3.ClH/c1-10(16)18-13-4-2-11(3-5-13)14(15)12-6-8-17-9-7-12;/h2-5,12,14H,6-9,15H2,1H3;1H/t14-;/m0./s1. The highest BCUT2D eigenvalue weighted by Crippen LogP contribution is 2.28. The summed E-state index contributed by atoms with van der Waals surface area (Å²) in [5, 5.41) is 0. The molecule has 1 aliphatic heterocycles. The van der Waals surface area contributed by atoms with E-state index in [-0.39, 0.29) is 24.4 Å². The Morgan fingerprint density at radius 2 is 1.89 bits per heavy atom. The number of ether oxygens (including phenoxy) is 2. The number of rotatable bonds is 3. The normalized spacial score (nSPS) is 17.4. The van der Waals surface area contributed by atoms with Gasteiger partial charge in [-0.2, -0.15) is 0 Å². The number of benzene rings is 1. The zero-order chi connectivity index (χ0) is 13.0. The second-order valence-electron chi connectivity index (χ2n) is 4.64. The third kappa shape index (κ3) is 4.49. The van der Waals surface area contributed by atoms with E-state index in [9.17, 15) is 4.79 Å². The number of hydrogen-bond donors (Lipinski definition) is 1. The molecule has 0 aliphatic carbocycles. The lowest BCUT2D eigenvalue weighted by atomic mass is 9.88. The van der Waals surface area contributed by atoms with Gasteiger partial charge in [0.2, 0.25) is 0 Å². The Labute approximate surface area is 119 Å². The third-order valence-corrected chi connectivity index (χ3v) is 3.30. The maximum Gasteiger partial charge on any atom is 0.308 e. The van der Waals surface area contributed by atoms with Gasteiger partial charge in [0.1, 0.15) is 5.75 Å². The van der Waals surface area contributed by atoms with Crippen molar-refractivity contribution in [2.45, 2.75) is 25.8 Å². The minimum atomic E-state index is -0.309. The summed E-state index contributed by atoms with van der Waals surface area (Å²) in [4.78, 5) is 10.8. The summed E-state index contributed by atoms with van der Waals surface area (Å²) in [6.07, 6.45) is 2.01. The van der Waals surface area contributed by atoms with Crippen LogP contribution < -0.4 is 10.5 Å². The van der Waals surface area contributed by atoms with Gasteiger partial charge in [0.05, 0.1) is 0 Å². The van der Waals surface area contributed by atoms with E-state index in [1.807, 2.05) is 12.1 Å². The van der Waals surface area contributed by atoms with Crippen molar-refractivity contribution in [3.05, 3.63) is 29.8 Å². The molecule has 1 aromatic rings. The van der Waals surface area contributed by atoms with Crippen molar-refractivity contribution in [3.63, 3.8) is 0 Å². The fourth-order valence-electron chi connectivity index (χ4n) is 2.27. The largest absolute Gasteiger partial charge is 0.427 e. The van der Waals surface area contributed by atoms with Crippen molar-refractivity contribution >= 4 is 18.4 Å². The Morgan fingerprint density at radius 1 is 1.32 bits per heavy atom. The lowest BCUT2D eigenvalue weighted by Gasteiger charge is -2.27. The van der Waals surface area contributed by atoms with Crippen LogP contribution in [0.5, 0.6) is 5.75 Å². The number of carbonyl (C=O) groups excluding carboxylic acids is 1. The second-order valence-corrected chi connectivity index (χ2v) is 4.64. The van der Waals surface area contributed by atoms with Crippen molar-refractivity contribution in [2.24, 2.45) is 11.7 Å². The van der Waals surface area contributed by atoms with E-state index in [1.54, 1.807) is 12.1 Å². The van der Waals surface area contributed by atoms with Crippen LogP contribution in [-0.2, 0) is 9.53 Å². The van der Waals surface area contributed by atoms with Crippen LogP contribution in [0.3, 0.4) is 0 Å². The third-order valence-electron chi connectivity index (χ3n) is 3.30. The number of hydrogen-bond acceptors (Lipinski definition) is 4. The first-order valence-electron chi connectivity index (χ1n) is 6.28. The van der Waals surface area contributed by atoms with Crippen molar-refractivity contribution in [3.8, 4) is 5.75 Å². The molecule has 0 unspecified atom stereocenters. The predicted molar refractivity (Wildman–Crippen MR) is 75.5 cm³/mol. The lowest BCUT2D eigenvalue weighted by molar-refractivity contribution is -0.131. The molecule has 1 fully saturated rings. The van der Waals surface area contributed by atoms with Crippen LogP contribution in [0.25, 0.3) is 0 Å². The highest BCUT2D eigenvalue weighted by molar-refractivity contribution is 5.85. The molecule has 1 aromatic carbocycles. The molecule has 2 N–H and O–H groups in total. The van der Waals surface area contributed by atoms with Crippen LogP contribution in [0.15, 0.2) is 24.3 Å². The second kappa shape index (κ2) is 7.48. The zero-order valence-electron chi connectivity index (χ0n) is 11.0. The van der Waals surface area contributed by atoms with E-state index in [4.69, 9.17) is 15.2 Å². The molecule has 1 heterocycles. The molecule has 0 spiro atoms. The molecule has 5 heteroatoms. The zero-order valence-corrected chi connectivity index (χ0v) is 11.8. The Morgan fingerprint density at radius 3 is 2.42 bits per heavy atom. The topological polar surface area (TPSA) is 61.5 Å². The quantitative estimate of drug-likeness (QED) is 0.684. The van der Waals surface area contributed by atoms with Crippen LogP contribution in [0.2, 0.25) is 0 Å². The molecule has 19 heavy (non-hydrogen) atoms. The van der Waals surface area contributed by atoms with Crippen LogP contribution in [0.4, 0.5) is 0 Å². The summed E-state index contributed by atoms with van der Waals surface area (Å²) < 4.78 is 10.3. The highest BCUT2D eigenvalue weighted by Gasteiger charge is 2.22. The molecule has 2 rings (SSSR count). The fraction of sp³-hybridized carbons (Fsp3) is 0.500. The summed E-state index contributed by atoms with van der Waals surface area (Å²) in [7, 11) is 0. The summed E-state index contributed by atoms with van der Waals surface area (Å²) >= 11 is 0. The number of carbonyl (C=O) groups is 1. The lowest BCUT2D eigenvalue weighted by Crippen LogP contribution is -2.27. The van der Waals surface area contributed by atoms with E-state index in [0.717, 1.165) is 31.6 Å². The monoisotopic (exact) mass is 285 g/mol. The molecule has 0 amide bonds. The Balaban J connectivity index is 0.00000180. The molecule has 1 atom stereocenters. The van der Waals surface area contributed by atoms with Gasteiger partial charge in [0, 0.05) is 26.2 Å². The molecule has 106 valence electrons. The van der Waals surface area contributed by atoms with Gasteiger partial charge in [-0.05, 0) is 36.5 Å². The number of halogens is 1. The number of esters is 1. The average molecular weight is 286 g/mol. The maximum atomic E-state index is 10.8. The Hall–Kier alpha value is -1.10. The molecule has 0 saturated carbocycles. The van der Waals surface area contributed by atoms with Gasteiger partial charge in [0.15, 0.2) is 0 Å². The van der Waals surface area contributed by atoms with Crippen LogP contribution in [-0.4, -0.2) is 19.2 Å². The molecular weight excluding hydrogens is 266 g/mol. The van der Waals surface area contributed by atoms with Gasteiger partial charge in [0.25, 0.3) is 0 Å². The first kappa shape index (κ1) is 16.0. The highest BCUT2D eigenvalue weighted by atomic mass is 35.5. The molecule has 1 aliphatic rings. The van der Waals surface area contributed by atoms with Gasteiger partial charge in [-0.15, -0.1) is 12.4 Å². The van der Waals surface area contributed by atoms with E-state index in [2.05, 4.69) is 0 Å². The van der Waals surface area contributed by atoms with Gasteiger partial charge in [-0.3, -0.25) is 4.79 Å². The van der Waals surface area contributed by atoms with E-state index < -0.39 is 0 Å².